The summed E-state index contributed by atoms with van der Waals surface area (Å²) in [6, 6.07) is 0. The molecule has 214 valence electrons. The number of hydrogen-bond donors (Lipinski definition) is 5. The van der Waals surface area contributed by atoms with E-state index >= 15 is 0 Å². The average molecular weight is 525 g/mol. The Kier molecular flexibility index (Phi) is 15.2. The van der Waals surface area contributed by atoms with Crippen molar-refractivity contribution in [2.24, 2.45) is 0 Å². The second kappa shape index (κ2) is 17.2. The van der Waals surface area contributed by atoms with Gasteiger partial charge < -0.3 is 54.0 Å². The summed E-state index contributed by atoms with van der Waals surface area (Å²) in [5.41, 5.74) is 0. The molecule has 0 aromatic rings. The molecule has 2 fully saturated rings. The molecule has 0 aromatic heterocycles. The zero-order valence-corrected chi connectivity index (χ0v) is 21.9. The summed E-state index contributed by atoms with van der Waals surface area (Å²) in [5.74, 6) is 0. The number of hydrogen-bond acceptors (Lipinski definition) is 11. The quantitative estimate of drug-likeness (QED) is 0.169. The summed E-state index contributed by atoms with van der Waals surface area (Å²) in [7, 11) is 1.31. The minimum atomic E-state index is -1.48. The molecule has 36 heavy (non-hydrogen) atoms. The molecule has 10 atom stereocenters. The van der Waals surface area contributed by atoms with E-state index in [1.807, 2.05) is 0 Å². The van der Waals surface area contributed by atoms with Crippen LogP contribution in [0.5, 0.6) is 0 Å². The lowest BCUT2D eigenvalue weighted by Crippen LogP contribution is -2.65. The minimum absolute atomic E-state index is 0.394. The molecular weight excluding hydrogens is 476 g/mol. The Morgan fingerprint density at radius 3 is 1.67 bits per heavy atom. The van der Waals surface area contributed by atoms with Crippen molar-refractivity contribution in [3.05, 3.63) is 0 Å². The van der Waals surface area contributed by atoms with E-state index in [1.54, 1.807) is 0 Å². The van der Waals surface area contributed by atoms with E-state index in [9.17, 15) is 25.5 Å². The minimum Gasteiger partial charge on any atom is -0.394 e. The predicted octanol–water partition coefficient (Wildman–Crippen LogP) is 0.466. The first-order chi connectivity index (χ1) is 17.4. The number of ether oxygens (including phenoxy) is 6. The highest BCUT2D eigenvalue weighted by molar-refractivity contribution is 4.95. The Labute approximate surface area is 214 Å². The Bertz CT molecular complexity index is 566. The van der Waals surface area contributed by atoms with E-state index in [0.29, 0.717) is 13.2 Å². The van der Waals surface area contributed by atoms with Crippen molar-refractivity contribution in [2.75, 3.05) is 33.5 Å². The first-order valence-electron chi connectivity index (χ1n) is 13.4. The zero-order valence-electron chi connectivity index (χ0n) is 21.9. The van der Waals surface area contributed by atoms with Crippen LogP contribution in [0.2, 0.25) is 0 Å². The molecule has 11 nitrogen and oxygen atoms in total. The molecule has 0 radical (unpaired) electrons. The summed E-state index contributed by atoms with van der Waals surface area (Å²) in [6.45, 7) is 4.15. The van der Waals surface area contributed by atoms with Gasteiger partial charge in [0.1, 0.15) is 48.8 Å². The van der Waals surface area contributed by atoms with Gasteiger partial charge in [-0.05, 0) is 12.8 Å². The van der Waals surface area contributed by atoms with Crippen LogP contribution in [-0.4, -0.2) is 120 Å². The molecule has 2 rings (SSSR count). The van der Waals surface area contributed by atoms with Gasteiger partial charge in [-0.3, -0.25) is 0 Å². The zero-order chi connectivity index (χ0) is 26.5. The number of aliphatic hydroxyl groups excluding tert-OH is 5. The smallest absolute Gasteiger partial charge is 0.187 e. The number of aliphatic hydroxyl groups is 5. The molecule has 0 amide bonds. The van der Waals surface area contributed by atoms with E-state index in [4.69, 9.17) is 28.4 Å². The predicted molar refractivity (Wildman–Crippen MR) is 129 cm³/mol. The van der Waals surface area contributed by atoms with Crippen LogP contribution in [-0.2, 0) is 28.4 Å². The van der Waals surface area contributed by atoms with Crippen LogP contribution in [0.4, 0.5) is 0 Å². The fourth-order valence-corrected chi connectivity index (χ4v) is 4.61. The van der Waals surface area contributed by atoms with E-state index < -0.39 is 74.6 Å². The lowest BCUT2D eigenvalue weighted by Gasteiger charge is -2.47. The Balaban J connectivity index is 2.13. The van der Waals surface area contributed by atoms with Crippen molar-refractivity contribution < 1.29 is 54.0 Å². The maximum absolute atomic E-state index is 11.2. The lowest BCUT2D eigenvalue weighted by molar-refractivity contribution is -0.362. The first kappa shape index (κ1) is 31.8. The van der Waals surface area contributed by atoms with Gasteiger partial charge in [-0.1, -0.05) is 52.4 Å². The Hall–Kier alpha value is -0.440. The maximum atomic E-state index is 11.2. The molecule has 2 heterocycles. The van der Waals surface area contributed by atoms with Gasteiger partial charge in [0, 0.05) is 20.3 Å². The molecule has 0 aliphatic carbocycles. The Morgan fingerprint density at radius 2 is 1.14 bits per heavy atom. The van der Waals surface area contributed by atoms with Crippen LogP contribution in [0.25, 0.3) is 0 Å². The third-order valence-corrected chi connectivity index (χ3v) is 6.76. The van der Waals surface area contributed by atoms with E-state index in [0.717, 1.165) is 51.4 Å². The average Bonchev–Trinajstić information content (AvgIpc) is 2.89. The second-order valence-electron chi connectivity index (χ2n) is 9.55. The molecule has 2 aliphatic heterocycles. The topological polar surface area (TPSA) is 157 Å². The number of methoxy groups -OCH3 is 1. The molecule has 11 heteroatoms. The number of rotatable bonds is 17. The van der Waals surface area contributed by atoms with Crippen LogP contribution in [0.15, 0.2) is 0 Å². The van der Waals surface area contributed by atoms with Crippen LogP contribution in [0.1, 0.15) is 65.2 Å². The van der Waals surface area contributed by atoms with Crippen molar-refractivity contribution in [3.8, 4) is 0 Å². The molecule has 0 bridgehead atoms. The van der Waals surface area contributed by atoms with E-state index in [-0.39, 0.29) is 0 Å². The van der Waals surface area contributed by atoms with Crippen LogP contribution >= 0.6 is 0 Å². The third kappa shape index (κ3) is 8.81. The molecular formula is C25H48O11. The normalized spacial score (nSPS) is 37.3. The standard InChI is InChI=1S/C25H48O11/c1-4-6-8-10-12-32-22-17(15-27)35-25(20(30)23(22)33-13-11-9-7-5-2)36-21-16(14-26)34-24(31-3)19(29)18(21)28/h16-30H,4-15H2,1-3H3/t16-,17-,18-,19-,20-,21-,22+,23-,24-,25+/m1/s1. The SMILES string of the molecule is CCCCCCO[C@@H]1[C@@H](O)[C@H](O[C@H]2[C@H](O)[C@@H](O)[C@H](OC)O[C@@H]2CO)O[C@H](CO)[C@@H]1OCCCCCC. The van der Waals surface area contributed by atoms with Crippen molar-refractivity contribution in [3.63, 3.8) is 0 Å². The van der Waals surface area contributed by atoms with E-state index in [1.165, 1.54) is 7.11 Å². The molecule has 2 aliphatic rings. The monoisotopic (exact) mass is 524 g/mol. The maximum Gasteiger partial charge on any atom is 0.187 e. The summed E-state index contributed by atoms with van der Waals surface area (Å²) in [5, 5.41) is 51.9. The van der Waals surface area contributed by atoms with Gasteiger partial charge >= 0.3 is 0 Å². The van der Waals surface area contributed by atoms with Crippen molar-refractivity contribution in [1.29, 1.82) is 0 Å². The molecule has 0 aromatic carbocycles. The van der Waals surface area contributed by atoms with Gasteiger partial charge in [0.2, 0.25) is 0 Å². The summed E-state index contributed by atoms with van der Waals surface area (Å²) < 4.78 is 34.3. The van der Waals surface area contributed by atoms with E-state index in [2.05, 4.69) is 13.8 Å². The molecule has 5 N–H and O–H groups in total. The van der Waals surface area contributed by atoms with Gasteiger partial charge in [0.15, 0.2) is 12.6 Å². The van der Waals surface area contributed by atoms with Gasteiger partial charge in [-0.2, -0.15) is 0 Å². The van der Waals surface area contributed by atoms with Crippen LogP contribution in [0, 0.1) is 0 Å². The summed E-state index contributed by atoms with van der Waals surface area (Å²) >= 11 is 0. The van der Waals surface area contributed by atoms with Gasteiger partial charge in [-0.25, -0.2) is 0 Å². The third-order valence-electron chi connectivity index (χ3n) is 6.76. The van der Waals surface area contributed by atoms with Crippen LogP contribution < -0.4 is 0 Å². The summed E-state index contributed by atoms with van der Waals surface area (Å²) in [6.07, 6.45) is -3.41. The summed E-state index contributed by atoms with van der Waals surface area (Å²) in [4.78, 5) is 0. The second-order valence-corrected chi connectivity index (χ2v) is 9.55. The Morgan fingerprint density at radius 1 is 0.611 bits per heavy atom. The highest BCUT2D eigenvalue weighted by Crippen LogP contribution is 2.31. The highest BCUT2D eigenvalue weighted by atomic mass is 16.7. The van der Waals surface area contributed by atoms with Crippen molar-refractivity contribution in [2.45, 2.75) is 127 Å². The largest absolute Gasteiger partial charge is 0.394 e. The molecule has 0 spiro atoms. The van der Waals surface area contributed by atoms with Gasteiger partial charge in [0.25, 0.3) is 0 Å². The molecule has 0 saturated carbocycles. The fourth-order valence-electron chi connectivity index (χ4n) is 4.61. The van der Waals surface area contributed by atoms with Crippen molar-refractivity contribution in [1.82, 2.24) is 0 Å². The molecule has 2 saturated heterocycles. The fraction of sp³-hybridized carbons (Fsp3) is 1.00. The molecule has 0 unspecified atom stereocenters. The number of unbranched alkanes of at least 4 members (excludes halogenated alkanes) is 6. The van der Waals surface area contributed by atoms with Gasteiger partial charge in [0.05, 0.1) is 13.2 Å². The highest BCUT2D eigenvalue weighted by Gasteiger charge is 2.51. The van der Waals surface area contributed by atoms with Gasteiger partial charge in [-0.15, -0.1) is 0 Å². The van der Waals surface area contributed by atoms with Crippen LogP contribution in [0.3, 0.4) is 0 Å². The lowest BCUT2D eigenvalue weighted by atomic mass is 9.96. The first-order valence-corrected chi connectivity index (χ1v) is 13.4. The van der Waals surface area contributed by atoms with Crippen molar-refractivity contribution >= 4 is 0 Å².